The van der Waals surface area contributed by atoms with Crippen molar-refractivity contribution in [1.82, 2.24) is 4.90 Å². The minimum atomic E-state index is 0.725. The van der Waals surface area contributed by atoms with E-state index >= 15 is 0 Å². The molecule has 0 bridgehead atoms. The van der Waals surface area contributed by atoms with Crippen LogP contribution >= 0.6 is 12.2 Å². The maximum Gasteiger partial charge on any atom is 0.173 e. The van der Waals surface area contributed by atoms with Gasteiger partial charge in [0, 0.05) is 38.1 Å². The number of benzene rings is 2. The van der Waals surface area contributed by atoms with Crippen molar-refractivity contribution in [3.05, 3.63) is 59.7 Å². The fourth-order valence-electron chi connectivity index (χ4n) is 2.92. The number of anilines is 2. The highest BCUT2D eigenvalue weighted by Crippen LogP contribution is 2.18. The van der Waals surface area contributed by atoms with E-state index in [0.717, 1.165) is 43.6 Å². The summed E-state index contributed by atoms with van der Waals surface area (Å²) in [5, 5.41) is 4.03. The van der Waals surface area contributed by atoms with Crippen molar-refractivity contribution in [1.29, 1.82) is 0 Å². The molecule has 25 heavy (non-hydrogen) atoms. The molecular formula is C20H25N3OS. The van der Waals surface area contributed by atoms with Gasteiger partial charge in [-0.2, -0.15) is 0 Å². The fourth-order valence-corrected chi connectivity index (χ4v) is 3.10. The van der Waals surface area contributed by atoms with Gasteiger partial charge in [0.1, 0.15) is 0 Å². The lowest BCUT2D eigenvalue weighted by Gasteiger charge is -2.29. The molecule has 2 aromatic rings. The summed E-state index contributed by atoms with van der Waals surface area (Å²) < 4.78 is 5.41. The molecule has 0 aromatic heterocycles. The maximum atomic E-state index is 5.52. The molecule has 1 saturated heterocycles. The molecule has 1 fully saturated rings. The predicted octanol–water partition coefficient (Wildman–Crippen LogP) is 3.66. The van der Waals surface area contributed by atoms with Gasteiger partial charge in [0.05, 0.1) is 13.2 Å². The Kier molecular flexibility index (Phi) is 5.89. The van der Waals surface area contributed by atoms with Crippen molar-refractivity contribution in [2.45, 2.75) is 13.5 Å². The van der Waals surface area contributed by atoms with Crippen LogP contribution in [0.4, 0.5) is 11.4 Å². The highest BCUT2D eigenvalue weighted by atomic mass is 32.1. The fraction of sp³-hybridized carbons (Fsp3) is 0.350. The summed E-state index contributed by atoms with van der Waals surface area (Å²) in [5.74, 6) is 0. The van der Waals surface area contributed by atoms with Crippen molar-refractivity contribution in [2.75, 3.05) is 43.6 Å². The van der Waals surface area contributed by atoms with Gasteiger partial charge >= 0.3 is 0 Å². The molecule has 3 rings (SSSR count). The first kappa shape index (κ1) is 17.7. The van der Waals surface area contributed by atoms with Crippen LogP contribution in [0.5, 0.6) is 0 Å². The van der Waals surface area contributed by atoms with E-state index in [-0.39, 0.29) is 0 Å². The number of nitrogens with one attached hydrogen (secondary N) is 1. The Morgan fingerprint density at radius 1 is 1.16 bits per heavy atom. The Labute approximate surface area is 155 Å². The van der Waals surface area contributed by atoms with Crippen LogP contribution in [0, 0.1) is 6.92 Å². The zero-order valence-corrected chi connectivity index (χ0v) is 15.7. The Balaban J connectivity index is 1.56. The third-order valence-corrected chi connectivity index (χ3v) is 4.76. The molecule has 0 spiro atoms. The number of thiocarbonyl (C=S) groups is 1. The van der Waals surface area contributed by atoms with Crippen LogP contribution in [0.15, 0.2) is 48.5 Å². The highest BCUT2D eigenvalue weighted by molar-refractivity contribution is 7.80. The van der Waals surface area contributed by atoms with Crippen molar-refractivity contribution in [2.24, 2.45) is 0 Å². The third-order valence-electron chi connectivity index (χ3n) is 4.35. The zero-order chi connectivity index (χ0) is 17.6. The summed E-state index contributed by atoms with van der Waals surface area (Å²) in [6.07, 6.45) is 0. The number of hydrogen-bond donors (Lipinski definition) is 1. The Hall–Kier alpha value is -2.11. The van der Waals surface area contributed by atoms with E-state index in [1.54, 1.807) is 0 Å². The van der Waals surface area contributed by atoms with E-state index in [1.807, 2.05) is 19.2 Å². The van der Waals surface area contributed by atoms with E-state index in [2.05, 4.69) is 58.4 Å². The van der Waals surface area contributed by atoms with Crippen molar-refractivity contribution < 1.29 is 4.74 Å². The van der Waals surface area contributed by atoms with E-state index in [4.69, 9.17) is 17.0 Å². The monoisotopic (exact) mass is 355 g/mol. The van der Waals surface area contributed by atoms with Crippen LogP contribution in [0.25, 0.3) is 0 Å². The van der Waals surface area contributed by atoms with E-state index in [1.165, 1.54) is 16.8 Å². The smallest absolute Gasteiger partial charge is 0.173 e. The van der Waals surface area contributed by atoms with Crippen LogP contribution in [-0.2, 0) is 11.3 Å². The van der Waals surface area contributed by atoms with Crippen LogP contribution in [0.1, 0.15) is 11.1 Å². The van der Waals surface area contributed by atoms with Gasteiger partial charge in [0.25, 0.3) is 0 Å². The topological polar surface area (TPSA) is 27.7 Å². The normalized spacial score (nSPS) is 14.2. The van der Waals surface area contributed by atoms with Gasteiger partial charge < -0.3 is 19.9 Å². The molecule has 1 N–H and O–H groups in total. The SMILES string of the molecule is Cc1cccc(NC(=S)N(C)Cc2ccc(N3CCOCC3)cc2)c1. The summed E-state index contributed by atoms with van der Waals surface area (Å²) in [6, 6.07) is 17.0. The number of aryl methyl sites for hydroxylation is 1. The molecule has 0 aliphatic carbocycles. The van der Waals surface area contributed by atoms with Gasteiger partial charge in [-0.05, 0) is 54.5 Å². The van der Waals surface area contributed by atoms with Gasteiger partial charge in [-0.25, -0.2) is 0 Å². The van der Waals surface area contributed by atoms with E-state index in [0.29, 0.717) is 0 Å². The molecule has 0 amide bonds. The number of morpholine rings is 1. The second kappa shape index (κ2) is 8.32. The molecule has 2 aromatic carbocycles. The summed E-state index contributed by atoms with van der Waals surface area (Å²) in [7, 11) is 2.01. The zero-order valence-electron chi connectivity index (χ0n) is 14.9. The standard InChI is InChI=1S/C20H25N3OS/c1-16-4-3-5-18(14-16)21-20(25)22(2)15-17-6-8-19(9-7-17)23-10-12-24-13-11-23/h3-9,14H,10-13,15H2,1-2H3,(H,21,25). The predicted molar refractivity (Wildman–Crippen MR) is 108 cm³/mol. The lowest BCUT2D eigenvalue weighted by atomic mass is 10.2. The van der Waals surface area contributed by atoms with E-state index < -0.39 is 0 Å². The third kappa shape index (κ3) is 4.94. The van der Waals surface area contributed by atoms with Crippen LogP contribution < -0.4 is 10.2 Å². The van der Waals surface area contributed by atoms with Crippen LogP contribution in [0.2, 0.25) is 0 Å². The minimum Gasteiger partial charge on any atom is -0.378 e. The first-order valence-corrected chi connectivity index (χ1v) is 9.03. The summed E-state index contributed by atoms with van der Waals surface area (Å²) >= 11 is 5.52. The maximum absolute atomic E-state index is 5.52. The number of nitrogens with zero attached hydrogens (tertiary/aromatic N) is 2. The Morgan fingerprint density at radius 3 is 2.56 bits per heavy atom. The van der Waals surface area contributed by atoms with Crippen molar-refractivity contribution in [3.63, 3.8) is 0 Å². The molecule has 0 radical (unpaired) electrons. The molecule has 4 nitrogen and oxygen atoms in total. The molecule has 0 atom stereocenters. The molecule has 132 valence electrons. The summed E-state index contributed by atoms with van der Waals surface area (Å²) in [4.78, 5) is 4.42. The quantitative estimate of drug-likeness (QED) is 0.845. The summed E-state index contributed by atoms with van der Waals surface area (Å²) in [6.45, 7) is 6.40. The first-order valence-electron chi connectivity index (χ1n) is 8.62. The average molecular weight is 356 g/mol. The van der Waals surface area contributed by atoms with Gasteiger partial charge in [-0.3, -0.25) is 0 Å². The summed E-state index contributed by atoms with van der Waals surface area (Å²) in [5.41, 5.74) is 4.75. The van der Waals surface area contributed by atoms with Crippen LogP contribution in [0.3, 0.4) is 0 Å². The molecule has 1 heterocycles. The molecular weight excluding hydrogens is 330 g/mol. The van der Waals surface area contributed by atoms with E-state index in [9.17, 15) is 0 Å². The Morgan fingerprint density at radius 2 is 1.88 bits per heavy atom. The number of ether oxygens (including phenoxy) is 1. The van der Waals surface area contributed by atoms with Gasteiger partial charge in [0.2, 0.25) is 0 Å². The lowest BCUT2D eigenvalue weighted by molar-refractivity contribution is 0.122. The first-order chi connectivity index (χ1) is 12.1. The Bertz CT molecular complexity index is 711. The van der Waals surface area contributed by atoms with Crippen molar-refractivity contribution in [3.8, 4) is 0 Å². The molecule has 5 heteroatoms. The molecule has 1 aliphatic rings. The number of rotatable bonds is 4. The number of hydrogen-bond acceptors (Lipinski definition) is 3. The second-order valence-corrected chi connectivity index (χ2v) is 6.81. The largest absolute Gasteiger partial charge is 0.378 e. The van der Waals surface area contributed by atoms with Crippen LogP contribution in [-0.4, -0.2) is 43.4 Å². The van der Waals surface area contributed by atoms with Gasteiger partial charge in [0.15, 0.2) is 5.11 Å². The molecule has 0 unspecified atom stereocenters. The van der Waals surface area contributed by atoms with Gasteiger partial charge in [-0.15, -0.1) is 0 Å². The highest BCUT2D eigenvalue weighted by Gasteiger charge is 2.11. The van der Waals surface area contributed by atoms with Gasteiger partial charge in [-0.1, -0.05) is 24.3 Å². The van der Waals surface area contributed by atoms with Crippen molar-refractivity contribution >= 4 is 28.7 Å². The second-order valence-electron chi connectivity index (χ2n) is 6.42. The minimum absolute atomic E-state index is 0.725. The molecule has 0 saturated carbocycles. The average Bonchev–Trinajstić information content (AvgIpc) is 2.63. The molecule has 1 aliphatic heterocycles. The lowest BCUT2D eigenvalue weighted by Crippen LogP contribution is -2.36.